The third-order valence-electron chi connectivity index (χ3n) is 3.94. The van der Waals surface area contributed by atoms with Crippen molar-refractivity contribution in [2.75, 3.05) is 5.32 Å². The van der Waals surface area contributed by atoms with E-state index in [9.17, 15) is 17.6 Å². The minimum absolute atomic E-state index is 0.0144. The molecule has 6 nitrogen and oxygen atoms in total. The predicted molar refractivity (Wildman–Crippen MR) is 113 cm³/mol. The Balaban J connectivity index is 1.82. The third-order valence-corrected chi connectivity index (χ3v) is 5.48. The van der Waals surface area contributed by atoms with E-state index >= 15 is 0 Å². The molecule has 3 aromatic rings. The summed E-state index contributed by atoms with van der Waals surface area (Å²) in [5.41, 5.74) is 0.607. The van der Waals surface area contributed by atoms with Gasteiger partial charge in [-0.3, -0.25) is 4.79 Å². The largest absolute Gasteiger partial charge is 0.456 e. The van der Waals surface area contributed by atoms with Crippen LogP contribution in [0.15, 0.2) is 65.6 Å². The number of nitrogens with one attached hydrogen (secondary N) is 1. The average molecular weight is 469 g/mol. The van der Waals surface area contributed by atoms with Gasteiger partial charge in [0.1, 0.15) is 22.2 Å². The lowest BCUT2D eigenvalue weighted by Gasteiger charge is -2.13. The molecular formula is C20H15Cl2FN2O4S. The van der Waals surface area contributed by atoms with Crippen molar-refractivity contribution in [3.63, 3.8) is 0 Å². The molecule has 0 aliphatic heterocycles. The topological polar surface area (TPSA) is 98.5 Å². The summed E-state index contributed by atoms with van der Waals surface area (Å²) in [6.07, 6.45) is -0.132. The Bertz CT molecular complexity index is 1200. The number of anilines is 1. The van der Waals surface area contributed by atoms with Crippen molar-refractivity contribution in [1.82, 2.24) is 0 Å². The Morgan fingerprint density at radius 3 is 2.37 bits per heavy atom. The number of amides is 1. The maximum Gasteiger partial charge on any atom is 0.241 e. The quantitative estimate of drug-likeness (QED) is 0.544. The van der Waals surface area contributed by atoms with Crippen molar-refractivity contribution < 1.29 is 22.3 Å². The van der Waals surface area contributed by atoms with E-state index in [-0.39, 0.29) is 27.8 Å². The molecule has 0 aromatic heterocycles. The van der Waals surface area contributed by atoms with Gasteiger partial charge in [0.2, 0.25) is 15.9 Å². The fourth-order valence-corrected chi connectivity index (χ4v) is 3.61. The summed E-state index contributed by atoms with van der Waals surface area (Å²) < 4.78 is 42.7. The van der Waals surface area contributed by atoms with Gasteiger partial charge in [0.15, 0.2) is 0 Å². The summed E-state index contributed by atoms with van der Waals surface area (Å²) in [6.45, 7) is 0. The van der Waals surface area contributed by atoms with Gasteiger partial charge in [0.05, 0.1) is 6.42 Å². The van der Waals surface area contributed by atoms with E-state index < -0.39 is 21.7 Å². The Hall–Kier alpha value is -2.65. The van der Waals surface area contributed by atoms with Crippen LogP contribution in [0.5, 0.6) is 11.5 Å². The van der Waals surface area contributed by atoms with E-state index in [1.807, 2.05) is 0 Å². The monoisotopic (exact) mass is 468 g/mol. The van der Waals surface area contributed by atoms with Crippen molar-refractivity contribution in [2.45, 2.75) is 11.3 Å². The molecule has 0 aliphatic rings. The first-order valence-electron chi connectivity index (χ1n) is 8.46. The molecule has 30 heavy (non-hydrogen) atoms. The molecule has 0 aliphatic carbocycles. The van der Waals surface area contributed by atoms with Gasteiger partial charge in [-0.1, -0.05) is 29.3 Å². The molecule has 3 rings (SSSR count). The second-order valence-electron chi connectivity index (χ2n) is 6.22. The van der Waals surface area contributed by atoms with Crippen molar-refractivity contribution in [2.24, 2.45) is 5.14 Å². The summed E-state index contributed by atoms with van der Waals surface area (Å²) in [4.78, 5) is 12.0. The number of halogens is 3. The summed E-state index contributed by atoms with van der Waals surface area (Å²) >= 11 is 11.8. The average Bonchev–Trinajstić information content (AvgIpc) is 2.66. The molecule has 1 amide bonds. The molecule has 10 heteroatoms. The number of ether oxygens (including phenoxy) is 1. The number of sulfonamides is 1. The standard InChI is InChI=1S/C20H15Cl2FN2O4S/c21-13-2-6-16(7-3-13)29-18-8-5-15(11-19(18)30(24,27)28)25-20(26)9-12-1-4-14(23)10-17(12)22/h1-8,10-11H,9H2,(H,25,26)(H2,24,27,28). The van der Waals surface area contributed by atoms with Gasteiger partial charge in [0.25, 0.3) is 0 Å². The van der Waals surface area contributed by atoms with Crippen molar-refractivity contribution in [1.29, 1.82) is 0 Å². The van der Waals surface area contributed by atoms with E-state index in [1.165, 1.54) is 30.3 Å². The Morgan fingerprint density at radius 2 is 1.73 bits per heavy atom. The third kappa shape index (κ3) is 5.70. The summed E-state index contributed by atoms with van der Waals surface area (Å²) in [5.74, 6) is -0.653. The molecule has 0 bridgehead atoms. The molecule has 0 fully saturated rings. The number of hydrogen-bond donors (Lipinski definition) is 2. The highest BCUT2D eigenvalue weighted by Gasteiger charge is 2.18. The second-order valence-corrected chi connectivity index (χ2v) is 8.60. The van der Waals surface area contributed by atoms with Crippen molar-refractivity contribution >= 4 is 44.8 Å². The van der Waals surface area contributed by atoms with Crippen LogP contribution >= 0.6 is 23.2 Å². The SMILES string of the molecule is NS(=O)(=O)c1cc(NC(=O)Cc2ccc(F)cc2Cl)ccc1Oc1ccc(Cl)cc1. The number of hydrogen-bond acceptors (Lipinski definition) is 4. The van der Waals surface area contributed by atoms with Crippen molar-refractivity contribution in [3.8, 4) is 11.5 Å². The summed E-state index contributed by atoms with van der Waals surface area (Å²) in [7, 11) is -4.16. The fraction of sp³-hybridized carbons (Fsp3) is 0.0500. The molecule has 3 N–H and O–H groups in total. The first-order chi connectivity index (χ1) is 14.1. The Kier molecular flexibility index (Phi) is 6.62. The first kappa shape index (κ1) is 22.0. The lowest BCUT2D eigenvalue weighted by molar-refractivity contribution is -0.115. The Labute approximate surface area is 182 Å². The van der Waals surface area contributed by atoms with Gasteiger partial charge in [-0.2, -0.15) is 0 Å². The lowest BCUT2D eigenvalue weighted by Crippen LogP contribution is -2.17. The van der Waals surface area contributed by atoms with E-state index in [4.69, 9.17) is 33.1 Å². The van der Waals surface area contributed by atoms with Crippen LogP contribution in [0.1, 0.15) is 5.56 Å². The minimum Gasteiger partial charge on any atom is -0.456 e. The maximum atomic E-state index is 13.1. The van der Waals surface area contributed by atoms with Gasteiger partial charge in [0, 0.05) is 15.7 Å². The van der Waals surface area contributed by atoms with Gasteiger partial charge in [-0.25, -0.2) is 17.9 Å². The van der Waals surface area contributed by atoms with Crippen LogP contribution in [-0.2, 0) is 21.2 Å². The number of primary sulfonamides is 1. The highest BCUT2D eigenvalue weighted by molar-refractivity contribution is 7.89. The van der Waals surface area contributed by atoms with Gasteiger partial charge >= 0.3 is 0 Å². The summed E-state index contributed by atoms with van der Waals surface area (Å²) in [5, 5.41) is 8.46. The fourth-order valence-electron chi connectivity index (χ4n) is 2.57. The zero-order chi connectivity index (χ0) is 21.9. The molecule has 0 unspecified atom stereocenters. The van der Waals surface area contributed by atoms with Crippen LogP contribution in [0.4, 0.5) is 10.1 Å². The second kappa shape index (κ2) is 9.01. The number of carbonyl (C=O) groups excluding carboxylic acids is 1. The molecule has 0 saturated heterocycles. The summed E-state index contributed by atoms with van der Waals surface area (Å²) in [6, 6.07) is 14.0. The van der Waals surface area contributed by atoms with Crippen molar-refractivity contribution in [3.05, 3.63) is 82.1 Å². The Morgan fingerprint density at radius 1 is 1.03 bits per heavy atom. The minimum atomic E-state index is -4.16. The van der Waals surface area contributed by atoms with Gasteiger partial charge < -0.3 is 10.1 Å². The molecule has 3 aromatic carbocycles. The maximum absolute atomic E-state index is 13.1. The molecule has 0 heterocycles. The van der Waals surface area contributed by atoms with Crippen LogP contribution < -0.4 is 15.2 Å². The number of carbonyl (C=O) groups is 1. The first-order valence-corrected chi connectivity index (χ1v) is 10.8. The van der Waals surface area contributed by atoms with Crippen LogP contribution in [0, 0.1) is 5.82 Å². The number of nitrogens with two attached hydrogens (primary N) is 1. The molecule has 0 atom stereocenters. The molecule has 0 saturated carbocycles. The normalized spacial score (nSPS) is 11.2. The zero-order valence-electron chi connectivity index (χ0n) is 15.2. The molecule has 156 valence electrons. The molecular weight excluding hydrogens is 454 g/mol. The van der Waals surface area contributed by atoms with Crippen LogP contribution in [0.25, 0.3) is 0 Å². The van der Waals surface area contributed by atoms with Crippen LogP contribution in [0.2, 0.25) is 10.0 Å². The van der Waals surface area contributed by atoms with E-state index in [0.717, 1.165) is 6.07 Å². The highest BCUT2D eigenvalue weighted by atomic mass is 35.5. The van der Waals surface area contributed by atoms with Crippen LogP contribution in [-0.4, -0.2) is 14.3 Å². The molecule has 0 radical (unpaired) electrons. The predicted octanol–water partition coefficient (Wildman–Crippen LogP) is 4.75. The van der Waals surface area contributed by atoms with E-state index in [1.54, 1.807) is 24.3 Å². The van der Waals surface area contributed by atoms with Gasteiger partial charge in [-0.05, 0) is 60.2 Å². The lowest BCUT2D eigenvalue weighted by atomic mass is 10.1. The number of rotatable bonds is 6. The number of benzene rings is 3. The molecule has 0 spiro atoms. The van der Waals surface area contributed by atoms with Gasteiger partial charge in [-0.15, -0.1) is 0 Å². The zero-order valence-corrected chi connectivity index (χ0v) is 17.6. The smallest absolute Gasteiger partial charge is 0.241 e. The van der Waals surface area contributed by atoms with E-state index in [2.05, 4.69) is 5.32 Å². The van der Waals surface area contributed by atoms with E-state index in [0.29, 0.717) is 16.3 Å². The highest BCUT2D eigenvalue weighted by Crippen LogP contribution is 2.31. The van der Waals surface area contributed by atoms with Crippen LogP contribution in [0.3, 0.4) is 0 Å².